The van der Waals surface area contributed by atoms with Crippen molar-refractivity contribution in [2.75, 3.05) is 5.32 Å². The molecular formula is C28H31N. The molecule has 0 spiro atoms. The van der Waals surface area contributed by atoms with Gasteiger partial charge in [-0.3, -0.25) is 0 Å². The molecule has 1 unspecified atom stereocenters. The first-order chi connectivity index (χ1) is 13.9. The Kier molecular flexibility index (Phi) is 5.08. The first-order valence-electron chi connectivity index (χ1n) is 10.6. The van der Waals surface area contributed by atoms with Gasteiger partial charge in [0.1, 0.15) is 0 Å². The molecular weight excluding hydrogens is 350 g/mol. The quantitative estimate of drug-likeness (QED) is 0.487. The third-order valence-corrected chi connectivity index (χ3v) is 6.40. The topological polar surface area (TPSA) is 12.0 Å². The van der Waals surface area contributed by atoms with Crippen LogP contribution in [0.15, 0.2) is 65.8 Å². The molecule has 0 saturated heterocycles. The van der Waals surface area contributed by atoms with Gasteiger partial charge in [-0.25, -0.2) is 0 Å². The van der Waals surface area contributed by atoms with Crippen molar-refractivity contribution >= 4 is 22.0 Å². The fourth-order valence-electron chi connectivity index (χ4n) is 5.00. The number of fused-ring (bicyclic) bond motifs is 1. The third-order valence-electron chi connectivity index (χ3n) is 6.40. The van der Waals surface area contributed by atoms with Gasteiger partial charge in [-0.05, 0) is 78.8 Å². The Morgan fingerprint density at radius 1 is 0.862 bits per heavy atom. The maximum absolute atomic E-state index is 3.78. The number of aryl methyl sites for hydroxylation is 3. The van der Waals surface area contributed by atoms with Crippen LogP contribution < -0.4 is 5.32 Å². The number of allylic oxidation sites excluding steroid dienone is 4. The summed E-state index contributed by atoms with van der Waals surface area (Å²) in [6.45, 7) is 14.2. The van der Waals surface area contributed by atoms with Crippen LogP contribution in [0, 0.1) is 26.7 Å². The average Bonchev–Trinajstić information content (AvgIpc) is 2.92. The molecule has 0 amide bonds. The van der Waals surface area contributed by atoms with Crippen LogP contribution in [0.2, 0.25) is 0 Å². The predicted octanol–water partition coefficient (Wildman–Crippen LogP) is 7.75. The predicted molar refractivity (Wildman–Crippen MR) is 127 cm³/mol. The standard InChI is InChI=1S/C28H31N/c1-17-13-20(4)28(21(5)14-17)29-16-26-24-10-8-7-9-23(24)11-12-25(26)27-19(3)15-18(2)22(27)6/h7-15,19,29H,16H2,1-6H3. The Labute approximate surface area is 175 Å². The summed E-state index contributed by atoms with van der Waals surface area (Å²) in [4.78, 5) is 0. The Balaban J connectivity index is 1.83. The van der Waals surface area contributed by atoms with E-state index in [1.807, 2.05) is 0 Å². The average molecular weight is 382 g/mol. The summed E-state index contributed by atoms with van der Waals surface area (Å²) in [5.41, 5.74) is 12.3. The number of benzene rings is 3. The van der Waals surface area contributed by atoms with Crippen molar-refractivity contribution in [1.82, 2.24) is 0 Å². The van der Waals surface area contributed by atoms with Gasteiger partial charge in [-0.1, -0.05) is 72.7 Å². The van der Waals surface area contributed by atoms with Gasteiger partial charge in [0, 0.05) is 18.2 Å². The van der Waals surface area contributed by atoms with Crippen LogP contribution in [-0.2, 0) is 6.54 Å². The maximum Gasteiger partial charge on any atom is 0.0413 e. The molecule has 0 aromatic heterocycles. The number of hydrogen-bond donors (Lipinski definition) is 1. The van der Waals surface area contributed by atoms with E-state index in [0.717, 1.165) is 6.54 Å². The van der Waals surface area contributed by atoms with Crippen molar-refractivity contribution in [3.8, 4) is 0 Å². The monoisotopic (exact) mass is 381 g/mol. The van der Waals surface area contributed by atoms with E-state index < -0.39 is 0 Å². The molecule has 3 aromatic rings. The zero-order valence-corrected chi connectivity index (χ0v) is 18.5. The van der Waals surface area contributed by atoms with E-state index >= 15 is 0 Å². The lowest BCUT2D eigenvalue weighted by molar-refractivity contribution is 0.969. The largest absolute Gasteiger partial charge is 0.380 e. The molecule has 0 bridgehead atoms. The number of hydrogen-bond acceptors (Lipinski definition) is 1. The third kappa shape index (κ3) is 3.51. The zero-order chi connectivity index (χ0) is 20.7. The lowest BCUT2D eigenvalue weighted by atomic mass is 9.88. The summed E-state index contributed by atoms with van der Waals surface area (Å²) >= 11 is 0. The summed E-state index contributed by atoms with van der Waals surface area (Å²) in [5, 5.41) is 6.43. The summed E-state index contributed by atoms with van der Waals surface area (Å²) < 4.78 is 0. The van der Waals surface area contributed by atoms with E-state index in [9.17, 15) is 0 Å². The van der Waals surface area contributed by atoms with Crippen molar-refractivity contribution < 1.29 is 0 Å². The van der Waals surface area contributed by atoms with Crippen molar-refractivity contribution in [3.05, 3.63) is 93.6 Å². The molecule has 3 aromatic carbocycles. The molecule has 0 fully saturated rings. The van der Waals surface area contributed by atoms with E-state index in [-0.39, 0.29) is 0 Å². The molecule has 148 valence electrons. The van der Waals surface area contributed by atoms with Crippen molar-refractivity contribution in [2.45, 2.75) is 48.1 Å². The lowest BCUT2D eigenvalue weighted by Gasteiger charge is -2.20. The van der Waals surface area contributed by atoms with Crippen molar-refractivity contribution in [2.24, 2.45) is 5.92 Å². The van der Waals surface area contributed by atoms with Crippen molar-refractivity contribution in [1.29, 1.82) is 0 Å². The fourth-order valence-corrected chi connectivity index (χ4v) is 5.00. The van der Waals surface area contributed by atoms with Crippen molar-refractivity contribution in [3.63, 3.8) is 0 Å². The minimum Gasteiger partial charge on any atom is -0.380 e. The summed E-state index contributed by atoms with van der Waals surface area (Å²) in [7, 11) is 0. The Morgan fingerprint density at radius 3 is 2.21 bits per heavy atom. The van der Waals surface area contributed by atoms with Gasteiger partial charge in [0.05, 0.1) is 0 Å². The minimum atomic E-state index is 0.456. The SMILES string of the molecule is CC1=CC(C)C(c2ccc3ccccc3c2CNc2c(C)cc(C)cc2C)=C1C. The molecule has 1 aliphatic rings. The summed E-state index contributed by atoms with van der Waals surface area (Å²) in [6, 6.07) is 17.9. The van der Waals surface area contributed by atoms with Crippen LogP contribution in [0.1, 0.15) is 48.6 Å². The minimum absolute atomic E-state index is 0.456. The lowest BCUT2D eigenvalue weighted by Crippen LogP contribution is -2.08. The number of anilines is 1. The van der Waals surface area contributed by atoms with Crippen LogP contribution in [0.5, 0.6) is 0 Å². The molecule has 0 radical (unpaired) electrons. The van der Waals surface area contributed by atoms with Gasteiger partial charge >= 0.3 is 0 Å². The summed E-state index contributed by atoms with van der Waals surface area (Å²) in [5.74, 6) is 0.456. The second kappa shape index (κ2) is 7.55. The van der Waals surface area contributed by atoms with Crippen LogP contribution >= 0.6 is 0 Å². The molecule has 0 aliphatic heterocycles. The summed E-state index contributed by atoms with van der Waals surface area (Å²) in [6.07, 6.45) is 2.39. The molecule has 1 N–H and O–H groups in total. The van der Waals surface area contributed by atoms with Crippen LogP contribution in [0.4, 0.5) is 5.69 Å². The van der Waals surface area contributed by atoms with Gasteiger partial charge in [-0.2, -0.15) is 0 Å². The molecule has 4 rings (SSSR count). The second-order valence-electron chi connectivity index (χ2n) is 8.62. The Hall–Kier alpha value is -2.80. The van der Waals surface area contributed by atoms with E-state index in [1.165, 1.54) is 61.0 Å². The highest BCUT2D eigenvalue weighted by Crippen LogP contribution is 2.41. The molecule has 1 atom stereocenters. The van der Waals surface area contributed by atoms with Gasteiger partial charge in [-0.15, -0.1) is 0 Å². The fraction of sp³-hybridized carbons (Fsp3) is 0.286. The number of rotatable bonds is 4. The van der Waals surface area contributed by atoms with Crippen LogP contribution in [-0.4, -0.2) is 0 Å². The van der Waals surface area contributed by atoms with Crippen LogP contribution in [0.25, 0.3) is 16.3 Å². The smallest absolute Gasteiger partial charge is 0.0413 e. The zero-order valence-electron chi connectivity index (χ0n) is 18.5. The van der Waals surface area contributed by atoms with Gasteiger partial charge < -0.3 is 5.32 Å². The molecule has 0 heterocycles. The Bertz CT molecular complexity index is 1140. The second-order valence-corrected chi connectivity index (χ2v) is 8.62. The van der Waals surface area contributed by atoms with Gasteiger partial charge in [0.25, 0.3) is 0 Å². The van der Waals surface area contributed by atoms with E-state index in [4.69, 9.17) is 0 Å². The Morgan fingerprint density at radius 2 is 1.55 bits per heavy atom. The van der Waals surface area contributed by atoms with E-state index in [1.54, 1.807) is 0 Å². The van der Waals surface area contributed by atoms with E-state index in [0.29, 0.717) is 5.92 Å². The highest BCUT2D eigenvalue weighted by atomic mass is 14.9. The number of nitrogens with one attached hydrogen (secondary N) is 1. The highest BCUT2D eigenvalue weighted by molar-refractivity contribution is 5.92. The highest BCUT2D eigenvalue weighted by Gasteiger charge is 2.22. The first kappa shape index (κ1) is 19.5. The first-order valence-corrected chi connectivity index (χ1v) is 10.6. The maximum atomic E-state index is 3.78. The molecule has 1 heteroatoms. The molecule has 1 aliphatic carbocycles. The van der Waals surface area contributed by atoms with Gasteiger partial charge in [0.15, 0.2) is 0 Å². The van der Waals surface area contributed by atoms with E-state index in [2.05, 4.69) is 101 Å². The normalized spacial score (nSPS) is 16.5. The van der Waals surface area contributed by atoms with Gasteiger partial charge in [0.2, 0.25) is 0 Å². The van der Waals surface area contributed by atoms with Crippen LogP contribution in [0.3, 0.4) is 0 Å². The molecule has 1 nitrogen and oxygen atoms in total. The molecule has 0 saturated carbocycles. The molecule has 29 heavy (non-hydrogen) atoms.